The van der Waals surface area contributed by atoms with E-state index in [4.69, 9.17) is 0 Å². The highest BCUT2D eigenvalue weighted by Gasteiger charge is 2.18. The minimum Gasteiger partial charge on any atom is -0.372 e. The van der Waals surface area contributed by atoms with Crippen LogP contribution in [0.4, 0.5) is 11.5 Å². The van der Waals surface area contributed by atoms with E-state index in [1.807, 2.05) is 0 Å². The van der Waals surface area contributed by atoms with Gasteiger partial charge in [0.05, 0.1) is 17.0 Å². The van der Waals surface area contributed by atoms with Crippen LogP contribution in [0.15, 0.2) is 12.3 Å². The maximum absolute atomic E-state index is 12.0. The zero-order chi connectivity index (χ0) is 16.0. The SMILES string of the molecule is CNc1ncc([N+](=O)[O-])cc1C(=O)NCC(=O)NC(C)C. The number of nitro groups is 1. The van der Waals surface area contributed by atoms with Crippen LogP contribution in [0.2, 0.25) is 0 Å². The third-order valence-electron chi connectivity index (χ3n) is 2.42. The van der Waals surface area contributed by atoms with E-state index in [1.54, 1.807) is 13.8 Å². The summed E-state index contributed by atoms with van der Waals surface area (Å²) in [7, 11) is 1.54. The highest BCUT2D eigenvalue weighted by Crippen LogP contribution is 2.18. The van der Waals surface area contributed by atoms with Crippen molar-refractivity contribution in [3.63, 3.8) is 0 Å². The minimum absolute atomic E-state index is 0.00375. The predicted octanol–water partition coefficient (Wildman–Crippen LogP) is 0.286. The van der Waals surface area contributed by atoms with Crippen LogP contribution in [0.3, 0.4) is 0 Å². The molecular weight excluding hydrogens is 278 g/mol. The molecule has 2 amide bonds. The van der Waals surface area contributed by atoms with E-state index in [1.165, 1.54) is 7.05 Å². The molecule has 114 valence electrons. The Labute approximate surface area is 121 Å². The van der Waals surface area contributed by atoms with Gasteiger partial charge in [-0.15, -0.1) is 0 Å². The number of hydrogen-bond acceptors (Lipinski definition) is 6. The summed E-state index contributed by atoms with van der Waals surface area (Å²) in [4.78, 5) is 37.3. The van der Waals surface area contributed by atoms with Crippen molar-refractivity contribution in [2.45, 2.75) is 19.9 Å². The third-order valence-corrected chi connectivity index (χ3v) is 2.42. The molecule has 0 saturated heterocycles. The molecule has 0 aliphatic carbocycles. The van der Waals surface area contributed by atoms with E-state index in [2.05, 4.69) is 20.9 Å². The number of hydrogen-bond donors (Lipinski definition) is 3. The molecular formula is C12H17N5O4. The maximum atomic E-state index is 12.0. The van der Waals surface area contributed by atoms with E-state index in [0.29, 0.717) is 0 Å². The number of rotatable bonds is 6. The van der Waals surface area contributed by atoms with Crippen molar-refractivity contribution in [2.24, 2.45) is 0 Å². The highest BCUT2D eigenvalue weighted by atomic mass is 16.6. The van der Waals surface area contributed by atoms with Crippen LogP contribution >= 0.6 is 0 Å². The van der Waals surface area contributed by atoms with E-state index in [0.717, 1.165) is 12.3 Å². The molecule has 9 nitrogen and oxygen atoms in total. The largest absolute Gasteiger partial charge is 0.372 e. The van der Waals surface area contributed by atoms with Gasteiger partial charge in [-0.2, -0.15) is 0 Å². The van der Waals surface area contributed by atoms with Gasteiger partial charge in [-0.1, -0.05) is 0 Å². The number of anilines is 1. The van der Waals surface area contributed by atoms with Gasteiger partial charge in [0.1, 0.15) is 12.0 Å². The number of amides is 2. The normalized spacial score (nSPS) is 10.1. The first-order chi connectivity index (χ1) is 9.85. The Morgan fingerprint density at radius 1 is 1.43 bits per heavy atom. The number of nitrogens with zero attached hydrogens (tertiary/aromatic N) is 2. The van der Waals surface area contributed by atoms with Crippen LogP contribution in [-0.4, -0.2) is 41.4 Å². The molecule has 0 atom stereocenters. The second-order valence-electron chi connectivity index (χ2n) is 4.50. The van der Waals surface area contributed by atoms with Crippen LogP contribution in [0.1, 0.15) is 24.2 Å². The topological polar surface area (TPSA) is 126 Å². The van der Waals surface area contributed by atoms with Gasteiger partial charge in [0, 0.05) is 19.2 Å². The van der Waals surface area contributed by atoms with Crippen molar-refractivity contribution >= 4 is 23.3 Å². The number of pyridine rings is 1. The van der Waals surface area contributed by atoms with Crippen LogP contribution in [0.25, 0.3) is 0 Å². The zero-order valence-electron chi connectivity index (χ0n) is 12.0. The molecule has 0 saturated carbocycles. The lowest BCUT2D eigenvalue weighted by Crippen LogP contribution is -2.40. The average Bonchev–Trinajstić information content (AvgIpc) is 2.43. The van der Waals surface area contributed by atoms with Gasteiger partial charge in [-0.3, -0.25) is 19.7 Å². The number of nitrogens with one attached hydrogen (secondary N) is 3. The second kappa shape index (κ2) is 7.17. The summed E-state index contributed by atoms with van der Waals surface area (Å²) in [6, 6.07) is 1.07. The minimum atomic E-state index is -0.644. The van der Waals surface area contributed by atoms with Crippen LogP contribution < -0.4 is 16.0 Å². The van der Waals surface area contributed by atoms with Crippen molar-refractivity contribution in [1.29, 1.82) is 0 Å². The molecule has 9 heteroatoms. The van der Waals surface area contributed by atoms with Crippen molar-refractivity contribution in [1.82, 2.24) is 15.6 Å². The third kappa shape index (κ3) is 4.71. The van der Waals surface area contributed by atoms with Crippen LogP contribution in [0, 0.1) is 10.1 Å². The molecule has 1 aromatic rings. The monoisotopic (exact) mass is 295 g/mol. The van der Waals surface area contributed by atoms with Crippen LogP contribution in [-0.2, 0) is 4.79 Å². The molecule has 1 aromatic heterocycles. The fourth-order valence-corrected chi connectivity index (χ4v) is 1.55. The maximum Gasteiger partial charge on any atom is 0.288 e. The Bertz CT molecular complexity index is 559. The highest BCUT2D eigenvalue weighted by molar-refractivity contribution is 6.00. The number of aromatic nitrogens is 1. The van der Waals surface area contributed by atoms with E-state index < -0.39 is 10.8 Å². The summed E-state index contributed by atoms with van der Waals surface area (Å²) < 4.78 is 0. The molecule has 1 rings (SSSR count). The Morgan fingerprint density at radius 2 is 2.10 bits per heavy atom. The van der Waals surface area contributed by atoms with Crippen molar-refractivity contribution in [2.75, 3.05) is 18.9 Å². The summed E-state index contributed by atoms with van der Waals surface area (Å²) in [6.45, 7) is 3.37. The standard InChI is InChI=1S/C12H17N5O4/c1-7(2)16-10(18)6-15-12(19)9-4-8(17(20)21)5-14-11(9)13-3/h4-5,7H,6H2,1-3H3,(H,13,14)(H,15,19)(H,16,18). The molecule has 1 heterocycles. The molecule has 0 aliphatic rings. The van der Waals surface area contributed by atoms with E-state index in [9.17, 15) is 19.7 Å². The number of carbonyl (C=O) groups is 2. The molecule has 0 unspecified atom stereocenters. The molecule has 0 fully saturated rings. The van der Waals surface area contributed by atoms with Gasteiger partial charge in [-0.05, 0) is 13.8 Å². The molecule has 21 heavy (non-hydrogen) atoms. The van der Waals surface area contributed by atoms with Crippen LogP contribution in [0.5, 0.6) is 0 Å². The first-order valence-corrected chi connectivity index (χ1v) is 6.25. The van der Waals surface area contributed by atoms with Crippen molar-refractivity contribution in [3.05, 3.63) is 27.9 Å². The van der Waals surface area contributed by atoms with Gasteiger partial charge in [0.2, 0.25) is 5.91 Å². The molecule has 0 spiro atoms. The summed E-state index contributed by atoms with van der Waals surface area (Å²) in [6.07, 6.45) is 1.05. The Kier molecular flexibility index (Phi) is 5.58. The predicted molar refractivity (Wildman–Crippen MR) is 76.1 cm³/mol. The van der Waals surface area contributed by atoms with Gasteiger partial charge in [-0.25, -0.2) is 4.98 Å². The van der Waals surface area contributed by atoms with E-state index >= 15 is 0 Å². The lowest BCUT2D eigenvalue weighted by Gasteiger charge is -2.10. The summed E-state index contributed by atoms with van der Waals surface area (Å²) in [5.41, 5.74) is -0.296. The quantitative estimate of drug-likeness (QED) is 0.511. The fourth-order valence-electron chi connectivity index (χ4n) is 1.55. The van der Waals surface area contributed by atoms with Crippen molar-refractivity contribution in [3.8, 4) is 0 Å². The number of carbonyl (C=O) groups excluding carboxylic acids is 2. The van der Waals surface area contributed by atoms with Gasteiger partial charge in [0.15, 0.2) is 0 Å². The van der Waals surface area contributed by atoms with Crippen molar-refractivity contribution < 1.29 is 14.5 Å². The fraction of sp³-hybridized carbons (Fsp3) is 0.417. The first-order valence-electron chi connectivity index (χ1n) is 6.25. The molecule has 0 aromatic carbocycles. The molecule has 0 aliphatic heterocycles. The lowest BCUT2D eigenvalue weighted by atomic mass is 10.2. The summed E-state index contributed by atoms with van der Waals surface area (Å²) in [5, 5.41) is 18.4. The first kappa shape index (κ1) is 16.3. The van der Waals surface area contributed by atoms with Gasteiger partial charge >= 0.3 is 0 Å². The Morgan fingerprint density at radius 3 is 2.62 bits per heavy atom. The zero-order valence-corrected chi connectivity index (χ0v) is 12.0. The Hall–Kier alpha value is -2.71. The smallest absolute Gasteiger partial charge is 0.288 e. The van der Waals surface area contributed by atoms with E-state index in [-0.39, 0.29) is 35.6 Å². The molecule has 0 bridgehead atoms. The Balaban J connectivity index is 2.83. The lowest BCUT2D eigenvalue weighted by molar-refractivity contribution is -0.385. The van der Waals surface area contributed by atoms with Gasteiger partial charge < -0.3 is 16.0 Å². The molecule has 0 radical (unpaired) electrons. The summed E-state index contributed by atoms with van der Waals surface area (Å²) >= 11 is 0. The second-order valence-corrected chi connectivity index (χ2v) is 4.50. The summed E-state index contributed by atoms with van der Waals surface area (Å²) in [5.74, 6) is -0.764. The average molecular weight is 295 g/mol. The molecule has 3 N–H and O–H groups in total. The van der Waals surface area contributed by atoms with Gasteiger partial charge in [0.25, 0.3) is 11.6 Å².